The van der Waals surface area contributed by atoms with Crippen molar-refractivity contribution in [3.63, 3.8) is 0 Å². The third kappa shape index (κ3) is 7.75. The average Bonchev–Trinajstić information content (AvgIpc) is 2.72. The highest BCUT2D eigenvalue weighted by molar-refractivity contribution is 14.1. The molecule has 0 saturated carbocycles. The summed E-state index contributed by atoms with van der Waals surface area (Å²) in [6.45, 7) is -2.09. The molecule has 0 radical (unpaired) electrons. The van der Waals surface area contributed by atoms with E-state index in [1.807, 2.05) is 0 Å². The quantitative estimate of drug-likeness (QED) is 0.175. The third-order valence-electron chi connectivity index (χ3n) is 3.69. The van der Waals surface area contributed by atoms with Gasteiger partial charge < -0.3 is 36.4 Å². The van der Waals surface area contributed by atoms with E-state index >= 15 is 0 Å². The number of amides is 3. The molecule has 0 heterocycles. The van der Waals surface area contributed by atoms with E-state index in [2.05, 4.69) is 10.6 Å². The lowest BCUT2D eigenvalue weighted by Crippen LogP contribution is -2.37. The van der Waals surface area contributed by atoms with Crippen molar-refractivity contribution >= 4 is 91.2 Å². The Bertz CT molecular complexity index is 834. The summed E-state index contributed by atoms with van der Waals surface area (Å²) in [4.78, 5) is 36.9. The summed E-state index contributed by atoms with van der Waals surface area (Å²) in [5.41, 5.74) is -0.932. The number of benzene rings is 1. The molecule has 0 aliphatic carbocycles. The van der Waals surface area contributed by atoms with E-state index in [9.17, 15) is 37.8 Å². The lowest BCUT2D eigenvalue weighted by atomic mass is 10.1. The van der Waals surface area contributed by atoms with Crippen LogP contribution in [0.15, 0.2) is 0 Å². The molecule has 7 N–H and O–H groups in total. The Morgan fingerprint density at radius 2 is 1.19 bits per heavy atom. The van der Waals surface area contributed by atoms with Gasteiger partial charge in [0.1, 0.15) is 0 Å². The minimum absolute atomic E-state index is 0.0217. The first-order valence-electron chi connectivity index (χ1n) is 8.49. The zero-order valence-corrected chi connectivity index (χ0v) is 22.2. The molecule has 1 aromatic carbocycles. The Kier molecular flexibility index (Phi) is 11.8. The molecular weight excluding hydrogens is 784 g/mol. The molecule has 16 heteroatoms. The van der Waals surface area contributed by atoms with Crippen LogP contribution < -0.4 is 16.0 Å². The van der Waals surface area contributed by atoms with E-state index < -0.39 is 55.0 Å². The SMILES string of the molecule is O=C(NCC(O)CO)c1c(I)c(NC(=O)C(F)(F)F)c(I)c(C(=O)NCC(O)CO)c1I. The molecule has 0 saturated heterocycles. The van der Waals surface area contributed by atoms with Gasteiger partial charge in [0.05, 0.1) is 49.4 Å². The van der Waals surface area contributed by atoms with Crippen LogP contribution >= 0.6 is 67.8 Å². The van der Waals surface area contributed by atoms with Gasteiger partial charge in [0, 0.05) is 16.7 Å². The van der Waals surface area contributed by atoms with Crippen molar-refractivity contribution in [3.8, 4) is 0 Å². The summed E-state index contributed by atoms with van der Waals surface area (Å²) >= 11 is 4.72. The minimum atomic E-state index is -5.24. The Hall–Kier alpha value is -0.550. The van der Waals surface area contributed by atoms with Crippen LogP contribution in [0.4, 0.5) is 18.9 Å². The normalized spacial score (nSPS) is 13.3. The van der Waals surface area contributed by atoms with Gasteiger partial charge in [0.25, 0.3) is 11.8 Å². The number of hydrogen-bond donors (Lipinski definition) is 7. The van der Waals surface area contributed by atoms with E-state index in [-0.39, 0.29) is 34.9 Å². The molecule has 3 amide bonds. The van der Waals surface area contributed by atoms with Gasteiger partial charge >= 0.3 is 12.1 Å². The highest BCUT2D eigenvalue weighted by atomic mass is 127. The van der Waals surface area contributed by atoms with E-state index in [0.717, 1.165) is 0 Å². The van der Waals surface area contributed by atoms with Crippen LogP contribution in [0.3, 0.4) is 0 Å². The molecule has 0 aromatic heterocycles. The molecule has 1 rings (SSSR count). The Morgan fingerprint density at radius 3 is 1.50 bits per heavy atom. The van der Waals surface area contributed by atoms with Crippen molar-refractivity contribution in [3.05, 3.63) is 21.8 Å². The van der Waals surface area contributed by atoms with Crippen LogP contribution in [-0.4, -0.2) is 82.8 Å². The number of halogens is 6. The van der Waals surface area contributed by atoms with Crippen LogP contribution in [0.5, 0.6) is 0 Å². The van der Waals surface area contributed by atoms with Crippen molar-refractivity contribution < 1.29 is 48.0 Å². The summed E-state index contributed by atoms with van der Waals surface area (Å²) in [6, 6.07) is 0. The van der Waals surface area contributed by atoms with Crippen LogP contribution in [-0.2, 0) is 4.79 Å². The van der Waals surface area contributed by atoms with Gasteiger partial charge in [-0.1, -0.05) is 0 Å². The summed E-state index contributed by atoms with van der Waals surface area (Å²) in [5.74, 6) is -4.08. The molecule has 0 fully saturated rings. The van der Waals surface area contributed by atoms with Gasteiger partial charge in [-0.05, 0) is 67.8 Å². The fourth-order valence-electron chi connectivity index (χ4n) is 2.08. The molecule has 0 spiro atoms. The van der Waals surface area contributed by atoms with Gasteiger partial charge in [-0.25, -0.2) is 0 Å². The Labute approximate surface area is 220 Å². The Balaban J connectivity index is 3.56. The molecule has 10 nitrogen and oxygen atoms in total. The predicted molar refractivity (Wildman–Crippen MR) is 130 cm³/mol. The number of carbonyl (C=O) groups is 3. The second kappa shape index (κ2) is 12.8. The zero-order chi connectivity index (χ0) is 24.8. The van der Waals surface area contributed by atoms with Crippen molar-refractivity contribution in [1.82, 2.24) is 10.6 Å². The number of anilines is 1. The molecule has 0 bridgehead atoms. The number of aliphatic hydroxyl groups excluding tert-OH is 4. The summed E-state index contributed by atoms with van der Waals surface area (Å²) in [7, 11) is 0. The number of hydrogen-bond acceptors (Lipinski definition) is 7. The fraction of sp³-hybridized carbons (Fsp3) is 0.438. The topological polar surface area (TPSA) is 168 Å². The van der Waals surface area contributed by atoms with Gasteiger partial charge in [-0.3, -0.25) is 14.4 Å². The highest BCUT2D eigenvalue weighted by Crippen LogP contribution is 2.36. The van der Waals surface area contributed by atoms with Gasteiger partial charge in [0.2, 0.25) is 0 Å². The molecule has 1 aromatic rings. The van der Waals surface area contributed by atoms with Gasteiger partial charge in [0.15, 0.2) is 0 Å². The van der Waals surface area contributed by atoms with Crippen molar-refractivity contribution in [2.45, 2.75) is 18.4 Å². The molecule has 2 atom stereocenters. The largest absolute Gasteiger partial charge is 0.471 e. The number of rotatable bonds is 9. The second-order valence-electron chi connectivity index (χ2n) is 6.11. The lowest BCUT2D eigenvalue weighted by molar-refractivity contribution is -0.167. The van der Waals surface area contributed by atoms with Crippen molar-refractivity contribution in [2.75, 3.05) is 31.6 Å². The predicted octanol–water partition coefficient (Wildman–Crippen LogP) is 0.167. The van der Waals surface area contributed by atoms with Crippen LogP contribution in [0, 0.1) is 10.7 Å². The van der Waals surface area contributed by atoms with Crippen LogP contribution in [0.25, 0.3) is 0 Å². The van der Waals surface area contributed by atoms with E-state index in [0.29, 0.717) is 0 Å². The smallest absolute Gasteiger partial charge is 0.394 e. The maximum Gasteiger partial charge on any atom is 0.471 e. The van der Waals surface area contributed by atoms with Crippen molar-refractivity contribution in [1.29, 1.82) is 0 Å². The molecule has 180 valence electrons. The number of alkyl halides is 3. The molecular formula is C16H17F3I3N3O7. The summed E-state index contributed by atoms with van der Waals surface area (Å²) in [6.07, 6.45) is -7.84. The van der Waals surface area contributed by atoms with Crippen molar-refractivity contribution in [2.24, 2.45) is 0 Å². The van der Waals surface area contributed by atoms with Gasteiger partial charge in [-0.2, -0.15) is 13.2 Å². The van der Waals surface area contributed by atoms with Gasteiger partial charge in [-0.15, -0.1) is 0 Å². The van der Waals surface area contributed by atoms with E-state index in [4.69, 9.17) is 10.2 Å². The molecule has 0 aliphatic heterocycles. The number of aliphatic hydroxyl groups is 4. The zero-order valence-electron chi connectivity index (χ0n) is 15.8. The standard InChI is InChI=1S/C16H17F3I3N3O7/c17-16(18,19)15(32)25-12-10(21)7(13(30)23-1-5(28)3-26)9(20)8(11(12)22)14(31)24-2-6(29)4-27/h5-6,26-29H,1-4H2,(H,23,30)(H,24,31)(H,25,32). The maximum absolute atomic E-state index is 12.8. The first kappa shape index (κ1) is 29.5. The second-order valence-corrected chi connectivity index (χ2v) is 9.35. The maximum atomic E-state index is 12.8. The number of carbonyl (C=O) groups excluding carboxylic acids is 3. The van der Waals surface area contributed by atoms with E-state index in [1.54, 1.807) is 73.1 Å². The monoisotopic (exact) mass is 801 g/mol. The molecule has 0 aliphatic rings. The summed E-state index contributed by atoms with van der Waals surface area (Å²) < 4.78 is 38.3. The molecule has 2 unspecified atom stereocenters. The number of nitrogens with one attached hydrogen (secondary N) is 3. The third-order valence-corrected chi connectivity index (χ3v) is 6.92. The highest BCUT2D eigenvalue weighted by Gasteiger charge is 2.40. The first-order chi connectivity index (χ1) is 14.8. The first-order valence-corrected chi connectivity index (χ1v) is 11.7. The minimum Gasteiger partial charge on any atom is -0.394 e. The lowest BCUT2D eigenvalue weighted by Gasteiger charge is -2.20. The molecule has 32 heavy (non-hydrogen) atoms. The Morgan fingerprint density at radius 1 is 0.812 bits per heavy atom. The van der Waals surface area contributed by atoms with Crippen LogP contribution in [0.1, 0.15) is 20.7 Å². The fourth-order valence-corrected chi connectivity index (χ4v) is 6.50. The average molecular weight is 801 g/mol. The summed E-state index contributed by atoms with van der Waals surface area (Å²) in [5, 5.41) is 42.8. The van der Waals surface area contributed by atoms with E-state index in [1.165, 1.54) is 0 Å². The van der Waals surface area contributed by atoms with Crippen LogP contribution in [0.2, 0.25) is 0 Å².